The van der Waals surface area contributed by atoms with E-state index in [0.29, 0.717) is 44.1 Å². The van der Waals surface area contributed by atoms with Crippen LogP contribution in [0.15, 0.2) is 53.6 Å². The Labute approximate surface area is 194 Å². The van der Waals surface area contributed by atoms with E-state index >= 15 is 0 Å². The molecular formula is C25H30N4O4. The molecule has 0 unspecified atom stereocenters. The van der Waals surface area contributed by atoms with Crippen molar-refractivity contribution in [2.45, 2.75) is 19.4 Å². The molecule has 8 heteroatoms. The normalized spacial score (nSPS) is 18.8. The van der Waals surface area contributed by atoms with Gasteiger partial charge in [-0.05, 0) is 17.7 Å². The fourth-order valence-corrected chi connectivity index (χ4v) is 4.37. The van der Waals surface area contributed by atoms with E-state index in [-0.39, 0.29) is 24.4 Å². The highest BCUT2D eigenvalue weighted by Gasteiger charge is 2.36. The van der Waals surface area contributed by atoms with E-state index in [1.54, 1.807) is 26.2 Å². The molecule has 4 rings (SSSR count). The number of hydrogen-bond acceptors (Lipinski definition) is 6. The van der Waals surface area contributed by atoms with Crippen LogP contribution in [-0.4, -0.2) is 79.3 Å². The SMILES string of the molecule is COc1ccc([C@@H]2CC(c3ccccc3)=NN2C(=O)CN2CCN(C(C)=O)CC2)c(OC)c1. The summed E-state index contributed by atoms with van der Waals surface area (Å²) in [5.41, 5.74) is 2.76. The Morgan fingerprint density at radius 3 is 2.36 bits per heavy atom. The van der Waals surface area contributed by atoms with Crippen molar-refractivity contribution < 1.29 is 19.1 Å². The molecule has 8 nitrogen and oxygen atoms in total. The van der Waals surface area contributed by atoms with Crippen LogP contribution >= 0.6 is 0 Å². The van der Waals surface area contributed by atoms with Gasteiger partial charge < -0.3 is 14.4 Å². The van der Waals surface area contributed by atoms with Crippen LogP contribution in [0.25, 0.3) is 0 Å². The van der Waals surface area contributed by atoms with Crippen LogP contribution < -0.4 is 9.47 Å². The van der Waals surface area contributed by atoms with Crippen molar-refractivity contribution in [2.75, 3.05) is 46.9 Å². The molecule has 2 aliphatic rings. The lowest BCUT2D eigenvalue weighted by Gasteiger charge is -2.34. The molecule has 2 aliphatic heterocycles. The summed E-state index contributed by atoms with van der Waals surface area (Å²) in [6.45, 7) is 4.45. The molecule has 0 bridgehead atoms. The minimum Gasteiger partial charge on any atom is -0.497 e. The van der Waals surface area contributed by atoms with Crippen LogP contribution in [0.1, 0.15) is 30.5 Å². The molecule has 2 aromatic carbocycles. The number of amides is 2. The van der Waals surface area contributed by atoms with Gasteiger partial charge in [0, 0.05) is 51.2 Å². The number of methoxy groups -OCH3 is 2. The number of rotatable bonds is 6. The first-order valence-electron chi connectivity index (χ1n) is 11.1. The minimum atomic E-state index is -0.271. The second kappa shape index (κ2) is 10.0. The zero-order chi connectivity index (χ0) is 23.4. The predicted molar refractivity (Wildman–Crippen MR) is 125 cm³/mol. The fourth-order valence-electron chi connectivity index (χ4n) is 4.37. The molecular weight excluding hydrogens is 420 g/mol. The van der Waals surface area contributed by atoms with Crippen molar-refractivity contribution in [3.8, 4) is 11.5 Å². The van der Waals surface area contributed by atoms with Gasteiger partial charge in [0.25, 0.3) is 5.91 Å². The molecule has 0 aliphatic carbocycles. The van der Waals surface area contributed by atoms with Gasteiger partial charge in [0.15, 0.2) is 0 Å². The van der Waals surface area contributed by atoms with Crippen molar-refractivity contribution in [1.82, 2.24) is 14.8 Å². The molecule has 1 saturated heterocycles. The smallest absolute Gasteiger partial charge is 0.257 e. The molecule has 0 saturated carbocycles. The van der Waals surface area contributed by atoms with Crippen LogP contribution in [0.5, 0.6) is 11.5 Å². The number of piperazine rings is 1. The maximum absolute atomic E-state index is 13.4. The first-order chi connectivity index (χ1) is 16.0. The standard InChI is InChI=1S/C25H30N4O4/c1-18(30)28-13-11-27(12-14-28)17-25(31)29-23(16-22(26-29)19-7-5-4-6-8-19)21-10-9-20(32-2)15-24(21)33-3/h4-10,15,23H,11-14,16-17H2,1-3H3/t23-/m0/s1. The molecule has 1 atom stereocenters. The molecule has 33 heavy (non-hydrogen) atoms. The Balaban J connectivity index is 1.58. The number of hydrogen-bond donors (Lipinski definition) is 0. The number of hydrazone groups is 1. The van der Waals surface area contributed by atoms with Crippen molar-refractivity contribution in [1.29, 1.82) is 0 Å². The van der Waals surface area contributed by atoms with Crippen LogP contribution in [-0.2, 0) is 9.59 Å². The number of benzene rings is 2. The molecule has 0 spiro atoms. The highest BCUT2D eigenvalue weighted by Crippen LogP contribution is 2.39. The van der Waals surface area contributed by atoms with Crippen LogP contribution in [0.4, 0.5) is 0 Å². The van der Waals surface area contributed by atoms with Crippen molar-refractivity contribution in [3.63, 3.8) is 0 Å². The van der Waals surface area contributed by atoms with Crippen molar-refractivity contribution >= 4 is 17.5 Å². The van der Waals surface area contributed by atoms with Crippen LogP contribution in [0, 0.1) is 0 Å². The summed E-state index contributed by atoms with van der Waals surface area (Å²) in [5.74, 6) is 1.36. The second-order valence-electron chi connectivity index (χ2n) is 8.26. The van der Waals surface area contributed by atoms with E-state index in [1.165, 1.54) is 0 Å². The highest BCUT2D eigenvalue weighted by molar-refractivity contribution is 6.03. The third-order valence-electron chi connectivity index (χ3n) is 6.25. The first-order valence-corrected chi connectivity index (χ1v) is 11.1. The molecule has 2 amide bonds. The van der Waals surface area contributed by atoms with E-state index in [9.17, 15) is 9.59 Å². The second-order valence-corrected chi connectivity index (χ2v) is 8.26. The lowest BCUT2D eigenvalue weighted by Crippen LogP contribution is -2.50. The minimum absolute atomic E-state index is 0.0694. The average molecular weight is 451 g/mol. The van der Waals surface area contributed by atoms with E-state index in [2.05, 4.69) is 4.90 Å². The predicted octanol–water partition coefficient (Wildman–Crippen LogP) is 2.55. The van der Waals surface area contributed by atoms with Crippen molar-refractivity contribution in [2.24, 2.45) is 5.10 Å². The number of carbonyl (C=O) groups excluding carboxylic acids is 2. The summed E-state index contributed by atoms with van der Waals surface area (Å²) in [7, 11) is 3.23. The van der Waals surface area contributed by atoms with Gasteiger partial charge in [-0.3, -0.25) is 14.5 Å². The Kier molecular flexibility index (Phi) is 6.93. The van der Waals surface area contributed by atoms with Gasteiger partial charge in [-0.15, -0.1) is 0 Å². The average Bonchev–Trinajstić information content (AvgIpc) is 3.30. The third kappa shape index (κ3) is 5.01. The Morgan fingerprint density at radius 2 is 1.73 bits per heavy atom. The van der Waals surface area contributed by atoms with E-state index in [4.69, 9.17) is 14.6 Å². The largest absolute Gasteiger partial charge is 0.497 e. The number of ether oxygens (including phenoxy) is 2. The van der Waals surface area contributed by atoms with E-state index in [1.807, 2.05) is 53.4 Å². The summed E-state index contributed by atoms with van der Waals surface area (Å²) in [5, 5.41) is 6.37. The van der Waals surface area contributed by atoms with Gasteiger partial charge in [0.2, 0.25) is 5.91 Å². The zero-order valence-corrected chi connectivity index (χ0v) is 19.4. The molecule has 2 aromatic rings. The maximum atomic E-state index is 13.4. The van der Waals surface area contributed by atoms with Crippen LogP contribution in [0.2, 0.25) is 0 Å². The summed E-state index contributed by atoms with van der Waals surface area (Å²) in [6.07, 6.45) is 0.594. The Bertz CT molecular complexity index is 1030. The molecule has 0 radical (unpaired) electrons. The molecule has 0 N–H and O–H groups in total. The summed E-state index contributed by atoms with van der Waals surface area (Å²) in [4.78, 5) is 28.9. The number of carbonyl (C=O) groups is 2. The quantitative estimate of drug-likeness (QED) is 0.676. The summed E-state index contributed by atoms with van der Waals surface area (Å²) in [6, 6.07) is 15.3. The summed E-state index contributed by atoms with van der Waals surface area (Å²) >= 11 is 0. The maximum Gasteiger partial charge on any atom is 0.257 e. The Morgan fingerprint density at radius 1 is 1.00 bits per heavy atom. The monoisotopic (exact) mass is 450 g/mol. The lowest BCUT2D eigenvalue weighted by molar-refractivity contribution is -0.135. The van der Waals surface area contributed by atoms with Gasteiger partial charge in [-0.1, -0.05) is 30.3 Å². The van der Waals surface area contributed by atoms with Crippen LogP contribution in [0.3, 0.4) is 0 Å². The van der Waals surface area contributed by atoms with Crippen molar-refractivity contribution in [3.05, 3.63) is 59.7 Å². The highest BCUT2D eigenvalue weighted by atomic mass is 16.5. The topological polar surface area (TPSA) is 74.7 Å². The molecule has 1 fully saturated rings. The van der Waals surface area contributed by atoms with Gasteiger partial charge >= 0.3 is 0 Å². The van der Waals surface area contributed by atoms with Gasteiger partial charge in [0.1, 0.15) is 11.5 Å². The van der Waals surface area contributed by atoms with Gasteiger partial charge in [0.05, 0.1) is 32.5 Å². The lowest BCUT2D eigenvalue weighted by atomic mass is 9.97. The fraction of sp³-hybridized carbons (Fsp3) is 0.400. The Hall–Kier alpha value is -3.39. The zero-order valence-electron chi connectivity index (χ0n) is 19.4. The third-order valence-corrected chi connectivity index (χ3v) is 6.25. The molecule has 2 heterocycles. The van der Waals surface area contributed by atoms with E-state index < -0.39 is 0 Å². The molecule has 174 valence electrons. The summed E-state index contributed by atoms with van der Waals surface area (Å²) < 4.78 is 11.0. The van der Waals surface area contributed by atoms with E-state index in [0.717, 1.165) is 16.8 Å². The number of nitrogens with zero attached hydrogens (tertiary/aromatic N) is 4. The molecule has 0 aromatic heterocycles. The first kappa shape index (κ1) is 22.8. The van der Waals surface area contributed by atoms with Gasteiger partial charge in [-0.2, -0.15) is 5.10 Å². The van der Waals surface area contributed by atoms with Gasteiger partial charge in [-0.25, -0.2) is 5.01 Å².